The van der Waals surface area contributed by atoms with E-state index in [1.165, 1.54) is 11.1 Å². The van der Waals surface area contributed by atoms with Crippen LogP contribution < -0.4 is 5.32 Å². The van der Waals surface area contributed by atoms with Crippen LogP contribution >= 0.6 is 0 Å². The van der Waals surface area contributed by atoms with Crippen molar-refractivity contribution in [2.24, 2.45) is 0 Å². The van der Waals surface area contributed by atoms with E-state index in [2.05, 4.69) is 56.1 Å². The Labute approximate surface area is 163 Å². The average molecular weight is 364 g/mol. The molecule has 0 saturated heterocycles. The van der Waals surface area contributed by atoms with E-state index in [1.54, 1.807) is 12.1 Å². The highest BCUT2D eigenvalue weighted by Crippen LogP contribution is 2.38. The second kappa shape index (κ2) is 9.42. The Bertz CT molecular complexity index is 852. The van der Waals surface area contributed by atoms with E-state index in [-0.39, 0.29) is 11.2 Å². The van der Waals surface area contributed by atoms with Gasteiger partial charge in [-0.25, -0.2) is 4.39 Å². The molecule has 2 aromatic carbocycles. The minimum atomic E-state index is -0.194. The van der Waals surface area contributed by atoms with Crippen LogP contribution in [0.2, 0.25) is 0 Å². The Morgan fingerprint density at radius 3 is 2.41 bits per heavy atom. The van der Waals surface area contributed by atoms with E-state index in [0.29, 0.717) is 0 Å². The van der Waals surface area contributed by atoms with Crippen LogP contribution in [0.4, 0.5) is 4.39 Å². The van der Waals surface area contributed by atoms with Crippen molar-refractivity contribution < 1.29 is 4.39 Å². The van der Waals surface area contributed by atoms with Crippen LogP contribution in [0, 0.1) is 17.7 Å². The second-order valence-corrected chi connectivity index (χ2v) is 7.02. The van der Waals surface area contributed by atoms with Gasteiger partial charge in [-0.3, -0.25) is 0 Å². The number of rotatable bonds is 6. The summed E-state index contributed by atoms with van der Waals surface area (Å²) in [6.45, 7) is 8.61. The summed E-state index contributed by atoms with van der Waals surface area (Å²) in [6, 6.07) is 13.4. The van der Waals surface area contributed by atoms with Gasteiger partial charge in [-0.05, 0) is 66.6 Å². The maximum absolute atomic E-state index is 13.4. The summed E-state index contributed by atoms with van der Waals surface area (Å²) in [4.78, 5) is 0. The molecule has 0 heterocycles. The van der Waals surface area contributed by atoms with Gasteiger partial charge >= 0.3 is 0 Å². The SMILES string of the molecule is C/C=C(/C#Cc1ccc(C(C)(CC)c2ccc(F)cc2)c(CCC)c1)NC. The van der Waals surface area contributed by atoms with Crippen LogP contribution in [-0.4, -0.2) is 7.05 Å². The lowest BCUT2D eigenvalue weighted by Gasteiger charge is -2.32. The molecule has 2 rings (SSSR count). The summed E-state index contributed by atoms with van der Waals surface area (Å²) in [7, 11) is 1.88. The van der Waals surface area contributed by atoms with Crippen LogP contribution in [-0.2, 0) is 11.8 Å². The van der Waals surface area contributed by atoms with Gasteiger partial charge in [-0.2, -0.15) is 0 Å². The van der Waals surface area contributed by atoms with Crippen molar-refractivity contribution in [3.8, 4) is 11.8 Å². The van der Waals surface area contributed by atoms with Gasteiger partial charge in [0.2, 0.25) is 0 Å². The molecule has 0 aliphatic rings. The summed E-state index contributed by atoms with van der Waals surface area (Å²) in [5.74, 6) is 6.24. The normalized spacial score (nSPS) is 13.5. The smallest absolute Gasteiger partial charge is 0.123 e. The largest absolute Gasteiger partial charge is 0.382 e. The summed E-state index contributed by atoms with van der Waals surface area (Å²) < 4.78 is 13.4. The number of hydrogen-bond donors (Lipinski definition) is 1. The number of benzene rings is 2. The van der Waals surface area contributed by atoms with E-state index < -0.39 is 0 Å². The molecule has 0 amide bonds. The Morgan fingerprint density at radius 2 is 1.85 bits per heavy atom. The maximum Gasteiger partial charge on any atom is 0.123 e. The fraction of sp³-hybridized carbons (Fsp3) is 0.360. The molecule has 1 unspecified atom stereocenters. The van der Waals surface area contributed by atoms with E-state index in [9.17, 15) is 4.39 Å². The Balaban J connectivity index is 2.52. The van der Waals surface area contributed by atoms with Crippen LogP contribution in [0.15, 0.2) is 54.2 Å². The highest BCUT2D eigenvalue weighted by atomic mass is 19.1. The number of hydrogen-bond acceptors (Lipinski definition) is 1. The summed E-state index contributed by atoms with van der Waals surface area (Å²) in [6.07, 6.45) is 4.99. The molecule has 0 aliphatic carbocycles. The molecular formula is C25H30FN. The predicted octanol–water partition coefficient (Wildman–Crippen LogP) is 5.97. The van der Waals surface area contributed by atoms with Crippen molar-refractivity contribution in [1.29, 1.82) is 0 Å². The van der Waals surface area contributed by atoms with E-state index in [4.69, 9.17) is 0 Å². The molecule has 0 aromatic heterocycles. The van der Waals surface area contributed by atoms with Gasteiger partial charge in [0.15, 0.2) is 0 Å². The minimum Gasteiger partial charge on any atom is -0.382 e. The third-order valence-corrected chi connectivity index (χ3v) is 5.31. The van der Waals surface area contributed by atoms with Gasteiger partial charge in [0, 0.05) is 18.0 Å². The number of aryl methyl sites for hydroxylation is 1. The number of allylic oxidation sites excluding steroid dienone is 2. The Kier molecular flexibility index (Phi) is 7.25. The second-order valence-electron chi connectivity index (χ2n) is 7.02. The van der Waals surface area contributed by atoms with Crippen LogP contribution in [0.5, 0.6) is 0 Å². The highest BCUT2D eigenvalue weighted by Gasteiger charge is 2.29. The third kappa shape index (κ3) is 4.80. The molecule has 0 radical (unpaired) electrons. The summed E-state index contributed by atoms with van der Waals surface area (Å²) in [5, 5.41) is 3.09. The standard InChI is InChI=1S/C25H30FN/c1-6-9-20-18-19(10-16-23(7-2)27-5)11-17-24(20)25(4,8-3)21-12-14-22(26)15-13-21/h7,11-15,17-18,27H,6,8-9H2,1-5H3/b23-7-. The first-order chi connectivity index (χ1) is 13.0. The predicted molar refractivity (Wildman–Crippen MR) is 113 cm³/mol. The van der Waals surface area contributed by atoms with E-state index in [0.717, 1.165) is 36.1 Å². The van der Waals surface area contributed by atoms with Crippen LogP contribution in [0.1, 0.15) is 62.8 Å². The van der Waals surface area contributed by atoms with Gasteiger partial charge in [-0.1, -0.05) is 57.4 Å². The Morgan fingerprint density at radius 1 is 1.15 bits per heavy atom. The summed E-state index contributed by atoms with van der Waals surface area (Å²) in [5.41, 5.74) is 5.57. The molecule has 0 fully saturated rings. The molecule has 142 valence electrons. The topological polar surface area (TPSA) is 12.0 Å². The van der Waals surface area contributed by atoms with Gasteiger partial charge in [0.05, 0.1) is 5.70 Å². The van der Waals surface area contributed by atoms with Gasteiger partial charge in [-0.15, -0.1) is 0 Å². The van der Waals surface area contributed by atoms with E-state index in [1.807, 2.05) is 32.2 Å². The zero-order valence-electron chi connectivity index (χ0n) is 17.1. The molecular weight excluding hydrogens is 333 g/mol. The first-order valence-electron chi connectivity index (χ1n) is 9.74. The van der Waals surface area contributed by atoms with Crippen molar-refractivity contribution in [3.63, 3.8) is 0 Å². The monoisotopic (exact) mass is 363 g/mol. The zero-order chi connectivity index (χ0) is 19.9. The molecule has 27 heavy (non-hydrogen) atoms. The van der Waals surface area contributed by atoms with Crippen molar-refractivity contribution in [3.05, 3.63) is 82.3 Å². The molecule has 1 N–H and O–H groups in total. The average Bonchev–Trinajstić information content (AvgIpc) is 2.69. The maximum atomic E-state index is 13.4. The first-order valence-corrected chi connectivity index (χ1v) is 9.74. The lowest BCUT2D eigenvalue weighted by atomic mass is 9.72. The molecule has 2 aromatic rings. The molecule has 1 nitrogen and oxygen atoms in total. The van der Waals surface area contributed by atoms with Gasteiger partial charge in [0.1, 0.15) is 5.82 Å². The molecule has 0 saturated carbocycles. The van der Waals surface area contributed by atoms with Crippen LogP contribution in [0.25, 0.3) is 0 Å². The van der Waals surface area contributed by atoms with Crippen molar-refractivity contribution in [1.82, 2.24) is 5.32 Å². The number of halogens is 1. The van der Waals surface area contributed by atoms with Gasteiger partial charge in [0.25, 0.3) is 0 Å². The number of nitrogens with one attached hydrogen (secondary N) is 1. The van der Waals surface area contributed by atoms with Crippen molar-refractivity contribution in [2.75, 3.05) is 7.05 Å². The first kappa shape index (κ1) is 20.8. The fourth-order valence-electron chi connectivity index (χ4n) is 3.47. The van der Waals surface area contributed by atoms with Gasteiger partial charge < -0.3 is 5.32 Å². The Hall–Kier alpha value is -2.53. The molecule has 2 heteroatoms. The lowest BCUT2D eigenvalue weighted by Crippen LogP contribution is -2.24. The fourth-order valence-corrected chi connectivity index (χ4v) is 3.47. The minimum absolute atomic E-state index is 0.149. The van der Waals surface area contributed by atoms with Crippen LogP contribution in [0.3, 0.4) is 0 Å². The van der Waals surface area contributed by atoms with E-state index >= 15 is 0 Å². The third-order valence-electron chi connectivity index (χ3n) is 5.31. The zero-order valence-corrected chi connectivity index (χ0v) is 17.1. The molecule has 1 atom stereocenters. The quantitative estimate of drug-likeness (QED) is 0.624. The van der Waals surface area contributed by atoms with Crippen molar-refractivity contribution in [2.45, 2.75) is 52.4 Å². The lowest BCUT2D eigenvalue weighted by molar-refractivity contribution is 0.540. The molecule has 0 spiro atoms. The molecule has 0 bridgehead atoms. The van der Waals surface area contributed by atoms with Crippen molar-refractivity contribution >= 4 is 0 Å². The molecule has 0 aliphatic heterocycles. The highest BCUT2D eigenvalue weighted by molar-refractivity contribution is 5.49. The summed E-state index contributed by atoms with van der Waals surface area (Å²) >= 11 is 0.